The summed E-state index contributed by atoms with van der Waals surface area (Å²) in [6.45, 7) is 7.63. The van der Waals surface area contributed by atoms with Gasteiger partial charge in [-0.2, -0.15) is 0 Å². The molecule has 0 saturated carbocycles. The van der Waals surface area contributed by atoms with Gasteiger partial charge >= 0.3 is 0 Å². The fraction of sp³-hybridized carbons (Fsp3) is 0.571. The molecule has 7 nitrogen and oxygen atoms in total. The first-order valence-corrected chi connectivity index (χ1v) is 11.3. The van der Waals surface area contributed by atoms with Crippen molar-refractivity contribution in [3.8, 4) is 5.75 Å². The first-order chi connectivity index (χ1) is 14.3. The summed E-state index contributed by atoms with van der Waals surface area (Å²) in [5.74, 6) is 1.51. The summed E-state index contributed by atoms with van der Waals surface area (Å²) in [6.07, 6.45) is 2.14. The molecule has 0 bridgehead atoms. The zero-order valence-electron chi connectivity index (χ0n) is 16.8. The van der Waals surface area contributed by atoms with Crippen LogP contribution in [0.25, 0.3) is 0 Å². The monoisotopic (exact) mass is 415 g/mol. The first kappa shape index (κ1) is 20.3. The smallest absolute Gasteiger partial charge is 0.236 e. The molecule has 0 spiro atoms. The first-order valence-electron chi connectivity index (χ1n) is 10.5. The highest BCUT2D eigenvalue weighted by molar-refractivity contribution is 7.03. The van der Waals surface area contributed by atoms with Gasteiger partial charge in [-0.15, -0.1) is 5.10 Å². The molecule has 29 heavy (non-hydrogen) atoms. The van der Waals surface area contributed by atoms with E-state index in [2.05, 4.69) is 19.4 Å². The summed E-state index contributed by atoms with van der Waals surface area (Å²) < 4.78 is 9.77. The maximum Gasteiger partial charge on any atom is 0.236 e. The van der Waals surface area contributed by atoms with Gasteiger partial charge < -0.3 is 9.64 Å². The lowest BCUT2D eigenvalue weighted by atomic mass is 9.95. The van der Waals surface area contributed by atoms with Gasteiger partial charge in [0.25, 0.3) is 0 Å². The molecule has 0 aliphatic carbocycles. The number of rotatable bonds is 7. The zero-order valence-corrected chi connectivity index (χ0v) is 17.6. The number of carbonyl (C=O) groups excluding carboxylic acids is 1. The van der Waals surface area contributed by atoms with Crippen LogP contribution in [0.2, 0.25) is 0 Å². The fourth-order valence-corrected chi connectivity index (χ4v) is 4.60. The van der Waals surface area contributed by atoms with Crippen molar-refractivity contribution in [1.29, 1.82) is 0 Å². The highest BCUT2D eigenvalue weighted by Crippen LogP contribution is 2.26. The van der Waals surface area contributed by atoms with E-state index in [0.29, 0.717) is 19.1 Å². The normalized spacial score (nSPS) is 21.2. The fourth-order valence-electron chi connectivity index (χ4n) is 4.07. The second-order valence-electron chi connectivity index (χ2n) is 7.79. The number of hydrogen-bond acceptors (Lipinski definition) is 7. The Kier molecular flexibility index (Phi) is 7.08. The summed E-state index contributed by atoms with van der Waals surface area (Å²) in [4.78, 5) is 19.5. The second kappa shape index (κ2) is 10.1. The Bertz CT molecular complexity index is 750. The van der Waals surface area contributed by atoms with Gasteiger partial charge in [-0.25, -0.2) is 0 Å². The molecule has 8 heteroatoms. The average Bonchev–Trinajstić information content (AvgIpc) is 3.31. The Hall–Kier alpha value is -2.03. The van der Waals surface area contributed by atoms with Crippen molar-refractivity contribution in [2.75, 3.05) is 59.0 Å². The van der Waals surface area contributed by atoms with Gasteiger partial charge in [-0.1, -0.05) is 22.7 Å². The number of ether oxygens (including phenoxy) is 1. The highest BCUT2D eigenvalue weighted by atomic mass is 32.1. The predicted octanol–water partition coefficient (Wildman–Crippen LogP) is 1.94. The van der Waals surface area contributed by atoms with Gasteiger partial charge in [-0.05, 0) is 36.5 Å². The molecule has 1 aromatic heterocycles. The maximum absolute atomic E-state index is 12.8. The number of carbonyl (C=O) groups is 1. The number of piperidine rings is 1. The van der Waals surface area contributed by atoms with Crippen molar-refractivity contribution in [2.45, 2.75) is 18.8 Å². The van der Waals surface area contributed by atoms with E-state index in [4.69, 9.17) is 4.74 Å². The van der Waals surface area contributed by atoms with Crippen molar-refractivity contribution in [3.63, 3.8) is 0 Å². The third kappa shape index (κ3) is 5.74. The lowest BCUT2D eigenvalue weighted by Crippen LogP contribution is -2.51. The van der Waals surface area contributed by atoms with E-state index in [1.165, 1.54) is 11.5 Å². The Morgan fingerprint density at radius 3 is 2.66 bits per heavy atom. The number of likely N-dealkylation sites (tertiary alicyclic amines) is 1. The number of amides is 1. The van der Waals surface area contributed by atoms with E-state index < -0.39 is 0 Å². The molecule has 2 fully saturated rings. The molecule has 2 aliphatic rings. The van der Waals surface area contributed by atoms with Crippen LogP contribution in [0.4, 0.5) is 0 Å². The van der Waals surface area contributed by atoms with E-state index >= 15 is 0 Å². The van der Waals surface area contributed by atoms with Crippen LogP contribution in [0.1, 0.15) is 24.5 Å². The minimum atomic E-state index is 0.249. The Morgan fingerprint density at radius 2 is 1.90 bits per heavy atom. The lowest BCUT2D eigenvalue weighted by molar-refractivity contribution is -0.134. The van der Waals surface area contributed by atoms with E-state index in [1.807, 2.05) is 40.6 Å². The molecule has 4 rings (SSSR count). The molecule has 156 valence electrons. The number of hydrogen-bond donors (Lipinski definition) is 0. The summed E-state index contributed by atoms with van der Waals surface area (Å²) >= 11 is 1.39. The molecule has 2 saturated heterocycles. The molecule has 1 amide bonds. The van der Waals surface area contributed by atoms with E-state index in [-0.39, 0.29) is 5.91 Å². The molecule has 1 unspecified atom stereocenters. The largest absolute Gasteiger partial charge is 0.492 e. The Morgan fingerprint density at radius 1 is 1.10 bits per heavy atom. The Labute approximate surface area is 176 Å². The summed E-state index contributed by atoms with van der Waals surface area (Å²) in [5, 5.41) is 6.22. The molecule has 0 radical (unpaired) electrons. The van der Waals surface area contributed by atoms with Crippen LogP contribution in [0, 0.1) is 0 Å². The molecule has 1 atom stereocenters. The van der Waals surface area contributed by atoms with Crippen molar-refractivity contribution in [3.05, 3.63) is 41.4 Å². The molecule has 1 aromatic carbocycles. The third-order valence-corrected chi connectivity index (χ3v) is 6.34. The molecular formula is C21H29N5O2S. The molecule has 2 aromatic rings. The van der Waals surface area contributed by atoms with E-state index in [0.717, 1.165) is 70.1 Å². The van der Waals surface area contributed by atoms with E-state index in [9.17, 15) is 4.79 Å². The van der Waals surface area contributed by atoms with Gasteiger partial charge in [0.1, 0.15) is 12.4 Å². The molecule has 2 aliphatic heterocycles. The van der Waals surface area contributed by atoms with Gasteiger partial charge in [-0.3, -0.25) is 14.6 Å². The minimum absolute atomic E-state index is 0.249. The predicted molar refractivity (Wildman–Crippen MR) is 113 cm³/mol. The number of para-hydroxylation sites is 1. The number of nitrogens with zero attached hydrogens (tertiary/aromatic N) is 5. The van der Waals surface area contributed by atoms with Crippen molar-refractivity contribution in [2.24, 2.45) is 0 Å². The van der Waals surface area contributed by atoms with Crippen LogP contribution in [-0.4, -0.2) is 89.2 Å². The summed E-state index contributed by atoms with van der Waals surface area (Å²) in [6, 6.07) is 9.94. The lowest BCUT2D eigenvalue weighted by Gasteiger charge is -2.37. The van der Waals surface area contributed by atoms with Gasteiger partial charge in [0.15, 0.2) is 0 Å². The highest BCUT2D eigenvalue weighted by Gasteiger charge is 2.28. The standard InChI is InChI=1S/C21H29N5O2S/c27-21(26-8-4-5-18(15-26)20-17-29-23-22-20)16-25-11-9-24(10-12-25)13-14-28-19-6-2-1-3-7-19/h1-3,6-7,17-18H,4-5,8-16H2. The van der Waals surface area contributed by atoms with Crippen LogP contribution in [-0.2, 0) is 4.79 Å². The van der Waals surface area contributed by atoms with Crippen LogP contribution in [0.5, 0.6) is 5.75 Å². The number of benzene rings is 1. The average molecular weight is 416 g/mol. The second-order valence-corrected chi connectivity index (χ2v) is 8.40. The van der Waals surface area contributed by atoms with Crippen LogP contribution < -0.4 is 4.74 Å². The zero-order chi connectivity index (χ0) is 19.9. The van der Waals surface area contributed by atoms with Crippen molar-refractivity contribution < 1.29 is 9.53 Å². The summed E-state index contributed by atoms with van der Waals surface area (Å²) in [5.41, 5.74) is 1.04. The van der Waals surface area contributed by atoms with Crippen molar-refractivity contribution in [1.82, 2.24) is 24.3 Å². The molecular weight excluding hydrogens is 386 g/mol. The van der Waals surface area contributed by atoms with Crippen LogP contribution >= 0.6 is 11.5 Å². The van der Waals surface area contributed by atoms with Gasteiger partial charge in [0.05, 0.1) is 12.2 Å². The minimum Gasteiger partial charge on any atom is -0.492 e. The Balaban J connectivity index is 1.16. The van der Waals surface area contributed by atoms with Gasteiger partial charge in [0, 0.05) is 57.1 Å². The maximum atomic E-state index is 12.8. The SMILES string of the molecule is O=C(CN1CCN(CCOc2ccccc2)CC1)N1CCCC(c2csnn2)C1. The summed E-state index contributed by atoms with van der Waals surface area (Å²) in [7, 11) is 0. The number of piperazine rings is 1. The topological polar surface area (TPSA) is 61.8 Å². The molecule has 3 heterocycles. The molecule has 0 N–H and O–H groups in total. The van der Waals surface area contributed by atoms with Crippen LogP contribution in [0.3, 0.4) is 0 Å². The van der Waals surface area contributed by atoms with Gasteiger partial charge in [0.2, 0.25) is 5.91 Å². The van der Waals surface area contributed by atoms with Crippen molar-refractivity contribution >= 4 is 17.4 Å². The quantitative estimate of drug-likeness (QED) is 0.689. The van der Waals surface area contributed by atoms with Crippen LogP contribution in [0.15, 0.2) is 35.7 Å². The third-order valence-electron chi connectivity index (χ3n) is 5.81. The number of aromatic nitrogens is 2. The van der Waals surface area contributed by atoms with E-state index in [1.54, 1.807) is 0 Å².